The molecule has 0 aliphatic carbocycles. The minimum absolute atomic E-state index is 0.00902. The standard InChI is InChI=1S/C20H16N2O6S/c1-27-16-8-6-15(7-9-16)21-19(23)14-4-2-13(3-5-14)12-28-20(24)17-10-11-18(29-17)22(25)26/h2-11H,12H2,1H3,(H,21,23). The van der Waals surface area contributed by atoms with Crippen LogP contribution in [0.15, 0.2) is 60.7 Å². The highest BCUT2D eigenvalue weighted by molar-refractivity contribution is 7.17. The van der Waals surface area contributed by atoms with Crippen molar-refractivity contribution in [1.29, 1.82) is 0 Å². The summed E-state index contributed by atoms with van der Waals surface area (Å²) in [6.07, 6.45) is 0. The number of anilines is 1. The summed E-state index contributed by atoms with van der Waals surface area (Å²) in [5.41, 5.74) is 1.77. The molecule has 0 saturated heterocycles. The molecular formula is C20H16N2O6S. The van der Waals surface area contributed by atoms with Crippen LogP contribution in [0.5, 0.6) is 5.75 Å². The first-order chi connectivity index (χ1) is 14.0. The molecule has 1 aromatic heterocycles. The number of hydrogen-bond acceptors (Lipinski definition) is 7. The molecule has 0 saturated carbocycles. The van der Waals surface area contributed by atoms with E-state index in [4.69, 9.17) is 9.47 Å². The number of nitro groups is 1. The van der Waals surface area contributed by atoms with Crippen molar-refractivity contribution in [3.05, 3.63) is 86.8 Å². The second kappa shape index (κ2) is 8.98. The van der Waals surface area contributed by atoms with Crippen LogP contribution in [-0.2, 0) is 11.3 Å². The zero-order valence-corrected chi connectivity index (χ0v) is 16.1. The topological polar surface area (TPSA) is 108 Å². The fourth-order valence-electron chi connectivity index (χ4n) is 2.39. The molecule has 0 aliphatic rings. The molecule has 9 heteroatoms. The van der Waals surface area contributed by atoms with Crippen molar-refractivity contribution in [2.75, 3.05) is 12.4 Å². The number of methoxy groups -OCH3 is 1. The van der Waals surface area contributed by atoms with Crippen molar-refractivity contribution in [3.8, 4) is 5.75 Å². The Labute approximate surface area is 169 Å². The fourth-order valence-corrected chi connectivity index (χ4v) is 3.10. The largest absolute Gasteiger partial charge is 0.497 e. The van der Waals surface area contributed by atoms with Crippen molar-refractivity contribution in [1.82, 2.24) is 0 Å². The molecule has 0 fully saturated rings. The lowest BCUT2D eigenvalue weighted by Crippen LogP contribution is -2.12. The predicted octanol–water partition coefficient (Wildman–Crippen LogP) is 4.27. The summed E-state index contributed by atoms with van der Waals surface area (Å²) in [5.74, 6) is -0.215. The number of carbonyl (C=O) groups excluding carboxylic acids is 2. The number of ether oxygens (including phenoxy) is 2. The molecule has 0 spiro atoms. The lowest BCUT2D eigenvalue weighted by atomic mass is 10.1. The summed E-state index contributed by atoms with van der Waals surface area (Å²) in [7, 11) is 1.57. The number of hydrogen-bond donors (Lipinski definition) is 1. The van der Waals surface area contributed by atoms with E-state index in [1.807, 2.05) is 0 Å². The highest BCUT2D eigenvalue weighted by atomic mass is 32.1. The van der Waals surface area contributed by atoms with Gasteiger partial charge in [-0.2, -0.15) is 0 Å². The molecule has 0 atom stereocenters. The summed E-state index contributed by atoms with van der Waals surface area (Å²) in [6.45, 7) is -0.00902. The fraction of sp³-hybridized carbons (Fsp3) is 0.100. The first-order valence-electron chi connectivity index (χ1n) is 8.42. The van der Waals surface area contributed by atoms with Gasteiger partial charge in [-0.25, -0.2) is 4.79 Å². The third kappa shape index (κ3) is 5.17. The molecule has 3 rings (SSSR count). The van der Waals surface area contributed by atoms with Crippen molar-refractivity contribution >= 4 is 33.9 Å². The maximum absolute atomic E-state index is 12.3. The zero-order chi connectivity index (χ0) is 20.8. The van der Waals surface area contributed by atoms with Crippen LogP contribution in [0.4, 0.5) is 10.7 Å². The van der Waals surface area contributed by atoms with Gasteiger partial charge >= 0.3 is 11.0 Å². The van der Waals surface area contributed by atoms with Crippen molar-refractivity contribution in [2.24, 2.45) is 0 Å². The molecule has 8 nitrogen and oxygen atoms in total. The molecule has 148 valence electrons. The van der Waals surface area contributed by atoms with E-state index in [-0.39, 0.29) is 22.4 Å². The van der Waals surface area contributed by atoms with Gasteiger partial charge in [0.25, 0.3) is 5.91 Å². The van der Waals surface area contributed by atoms with Crippen LogP contribution in [0.1, 0.15) is 25.6 Å². The van der Waals surface area contributed by atoms with Crippen LogP contribution in [0.2, 0.25) is 0 Å². The van der Waals surface area contributed by atoms with Crippen LogP contribution in [0, 0.1) is 10.1 Å². The SMILES string of the molecule is COc1ccc(NC(=O)c2ccc(COC(=O)c3ccc([N+](=O)[O-])s3)cc2)cc1. The highest BCUT2D eigenvalue weighted by Crippen LogP contribution is 2.24. The van der Waals surface area contributed by atoms with Gasteiger partial charge in [-0.15, -0.1) is 0 Å². The third-order valence-corrected chi connectivity index (χ3v) is 4.92. The summed E-state index contributed by atoms with van der Waals surface area (Å²) < 4.78 is 10.2. The Bertz CT molecular complexity index is 1030. The number of esters is 1. The minimum atomic E-state index is -0.635. The molecule has 2 aromatic carbocycles. The van der Waals surface area contributed by atoms with Crippen molar-refractivity contribution < 1.29 is 24.0 Å². The van der Waals surface area contributed by atoms with Crippen LogP contribution in [0.3, 0.4) is 0 Å². The number of benzene rings is 2. The van der Waals surface area contributed by atoms with E-state index in [2.05, 4.69) is 5.32 Å². The van der Waals surface area contributed by atoms with E-state index in [1.54, 1.807) is 55.6 Å². The minimum Gasteiger partial charge on any atom is -0.497 e. The Morgan fingerprint density at radius 1 is 1.03 bits per heavy atom. The van der Waals surface area contributed by atoms with Gasteiger partial charge in [0, 0.05) is 17.3 Å². The number of nitrogens with one attached hydrogen (secondary N) is 1. The molecule has 1 heterocycles. The smallest absolute Gasteiger partial charge is 0.348 e. The van der Waals surface area contributed by atoms with E-state index in [9.17, 15) is 19.7 Å². The Kier molecular flexibility index (Phi) is 6.20. The number of amides is 1. The maximum Gasteiger partial charge on any atom is 0.348 e. The molecule has 0 radical (unpaired) electrons. The molecule has 0 bridgehead atoms. The Hall–Kier alpha value is -3.72. The average Bonchev–Trinajstić information content (AvgIpc) is 3.24. The Morgan fingerprint density at radius 3 is 2.31 bits per heavy atom. The number of rotatable bonds is 7. The molecule has 1 N–H and O–H groups in total. The summed E-state index contributed by atoms with van der Waals surface area (Å²) in [5, 5.41) is 13.3. The number of nitrogens with zero attached hydrogens (tertiary/aromatic N) is 1. The van der Waals surface area contributed by atoms with E-state index < -0.39 is 10.9 Å². The predicted molar refractivity (Wildman–Crippen MR) is 107 cm³/mol. The first kappa shape index (κ1) is 20.0. The van der Waals surface area contributed by atoms with Gasteiger partial charge in [-0.05, 0) is 48.0 Å². The van der Waals surface area contributed by atoms with Gasteiger partial charge < -0.3 is 14.8 Å². The third-order valence-electron chi connectivity index (χ3n) is 3.91. The summed E-state index contributed by atoms with van der Waals surface area (Å²) in [6, 6.07) is 16.2. The lowest BCUT2D eigenvalue weighted by Gasteiger charge is -2.07. The molecule has 0 unspecified atom stereocenters. The second-order valence-electron chi connectivity index (χ2n) is 5.85. The van der Waals surface area contributed by atoms with E-state index >= 15 is 0 Å². The van der Waals surface area contributed by atoms with Gasteiger partial charge in [0.05, 0.1) is 12.0 Å². The second-order valence-corrected chi connectivity index (χ2v) is 6.91. The van der Waals surface area contributed by atoms with E-state index in [1.165, 1.54) is 12.1 Å². The van der Waals surface area contributed by atoms with Gasteiger partial charge in [-0.1, -0.05) is 23.5 Å². The van der Waals surface area contributed by atoms with Gasteiger partial charge in [-0.3, -0.25) is 14.9 Å². The molecule has 1 amide bonds. The monoisotopic (exact) mass is 412 g/mol. The average molecular weight is 412 g/mol. The normalized spacial score (nSPS) is 10.2. The van der Waals surface area contributed by atoms with Crippen LogP contribution in [-0.4, -0.2) is 23.9 Å². The van der Waals surface area contributed by atoms with Crippen LogP contribution >= 0.6 is 11.3 Å². The molecule has 29 heavy (non-hydrogen) atoms. The van der Waals surface area contributed by atoms with Crippen LogP contribution in [0.25, 0.3) is 0 Å². The molecular weight excluding hydrogens is 396 g/mol. The first-order valence-corrected chi connectivity index (χ1v) is 9.23. The lowest BCUT2D eigenvalue weighted by molar-refractivity contribution is -0.380. The Balaban J connectivity index is 1.55. The van der Waals surface area contributed by atoms with E-state index in [0.29, 0.717) is 22.6 Å². The Morgan fingerprint density at radius 2 is 1.72 bits per heavy atom. The van der Waals surface area contributed by atoms with Crippen LogP contribution < -0.4 is 10.1 Å². The quantitative estimate of drug-likeness (QED) is 0.353. The van der Waals surface area contributed by atoms with Crippen molar-refractivity contribution in [2.45, 2.75) is 6.61 Å². The van der Waals surface area contributed by atoms with Gasteiger partial charge in [0.15, 0.2) is 0 Å². The van der Waals surface area contributed by atoms with Gasteiger partial charge in [0.2, 0.25) is 0 Å². The summed E-state index contributed by atoms with van der Waals surface area (Å²) >= 11 is 0.759. The van der Waals surface area contributed by atoms with E-state index in [0.717, 1.165) is 11.3 Å². The molecule has 0 aliphatic heterocycles. The van der Waals surface area contributed by atoms with Crippen molar-refractivity contribution in [3.63, 3.8) is 0 Å². The highest BCUT2D eigenvalue weighted by Gasteiger charge is 2.16. The number of carbonyl (C=O) groups is 2. The molecule has 3 aromatic rings. The number of thiophene rings is 1. The maximum atomic E-state index is 12.3. The zero-order valence-electron chi connectivity index (χ0n) is 15.3. The summed E-state index contributed by atoms with van der Waals surface area (Å²) in [4.78, 5) is 34.6. The van der Waals surface area contributed by atoms with Gasteiger partial charge in [0.1, 0.15) is 17.2 Å².